The fourth-order valence-corrected chi connectivity index (χ4v) is 3.91. The van der Waals surface area contributed by atoms with Crippen LogP contribution in [0.15, 0.2) is 40.9 Å². The number of rotatable bonds is 4. The molecular formula is C19H19BrClN3O3. The van der Waals surface area contributed by atoms with Crippen LogP contribution in [0.25, 0.3) is 0 Å². The molecule has 0 bridgehead atoms. The molecule has 0 aliphatic carbocycles. The number of nitro benzene ring substituents is 1. The number of hydrogen-bond donors (Lipinski definition) is 1. The molecule has 1 N–H and O–H groups in total. The maximum absolute atomic E-state index is 12.6. The third-order valence-corrected chi connectivity index (χ3v) is 5.51. The summed E-state index contributed by atoms with van der Waals surface area (Å²) in [6, 6.07) is 10.1. The average molecular weight is 453 g/mol. The fraction of sp³-hybridized carbons (Fsp3) is 0.316. The van der Waals surface area contributed by atoms with E-state index in [4.69, 9.17) is 11.6 Å². The summed E-state index contributed by atoms with van der Waals surface area (Å²) < 4.78 is 0.785. The Balaban J connectivity index is 1.97. The van der Waals surface area contributed by atoms with Gasteiger partial charge in [0.25, 0.3) is 11.6 Å². The molecule has 1 aliphatic heterocycles. The molecule has 2 aromatic rings. The van der Waals surface area contributed by atoms with Crippen LogP contribution in [-0.4, -0.2) is 23.4 Å². The van der Waals surface area contributed by atoms with Gasteiger partial charge in [-0.05, 0) is 50.5 Å². The lowest BCUT2D eigenvalue weighted by atomic mass is 10.0. The second-order valence-electron chi connectivity index (χ2n) is 6.58. The van der Waals surface area contributed by atoms with E-state index in [0.717, 1.165) is 30.3 Å². The summed E-state index contributed by atoms with van der Waals surface area (Å²) in [5, 5.41) is 14.5. The minimum absolute atomic E-state index is 0.0470. The highest BCUT2D eigenvalue weighted by Gasteiger charge is 2.27. The van der Waals surface area contributed by atoms with Gasteiger partial charge in [0.2, 0.25) is 0 Å². The highest BCUT2D eigenvalue weighted by molar-refractivity contribution is 9.10. The van der Waals surface area contributed by atoms with Crippen LogP contribution in [0.5, 0.6) is 0 Å². The Hall–Kier alpha value is -2.12. The van der Waals surface area contributed by atoms with Crippen molar-refractivity contribution in [3.63, 3.8) is 0 Å². The molecule has 142 valence electrons. The van der Waals surface area contributed by atoms with Gasteiger partial charge in [-0.15, -0.1) is 0 Å². The molecule has 1 saturated heterocycles. The summed E-state index contributed by atoms with van der Waals surface area (Å²) >= 11 is 9.58. The van der Waals surface area contributed by atoms with Crippen LogP contribution in [0, 0.1) is 10.1 Å². The van der Waals surface area contributed by atoms with Crippen molar-refractivity contribution in [3.8, 4) is 0 Å². The summed E-state index contributed by atoms with van der Waals surface area (Å²) in [7, 11) is 0. The number of nitrogens with one attached hydrogen (secondary N) is 1. The zero-order chi connectivity index (χ0) is 19.6. The minimum atomic E-state index is -0.428. The zero-order valence-electron chi connectivity index (χ0n) is 14.7. The van der Waals surface area contributed by atoms with Gasteiger partial charge in [-0.25, -0.2) is 0 Å². The predicted molar refractivity (Wildman–Crippen MR) is 111 cm³/mol. The van der Waals surface area contributed by atoms with Crippen LogP contribution >= 0.6 is 27.5 Å². The van der Waals surface area contributed by atoms with Gasteiger partial charge in [0, 0.05) is 28.7 Å². The molecule has 1 heterocycles. The van der Waals surface area contributed by atoms with Crippen molar-refractivity contribution in [2.24, 2.45) is 0 Å². The molecular weight excluding hydrogens is 434 g/mol. The van der Waals surface area contributed by atoms with Gasteiger partial charge in [-0.1, -0.05) is 33.6 Å². The molecule has 27 heavy (non-hydrogen) atoms. The van der Waals surface area contributed by atoms with E-state index < -0.39 is 4.92 Å². The van der Waals surface area contributed by atoms with E-state index in [1.807, 2.05) is 11.0 Å². The molecule has 0 radical (unpaired) electrons. The van der Waals surface area contributed by atoms with Crippen LogP contribution in [0.1, 0.15) is 36.5 Å². The van der Waals surface area contributed by atoms with Gasteiger partial charge >= 0.3 is 0 Å². The van der Waals surface area contributed by atoms with Crippen molar-refractivity contribution in [1.82, 2.24) is 0 Å². The molecule has 2 aromatic carbocycles. The van der Waals surface area contributed by atoms with Crippen LogP contribution in [0.3, 0.4) is 0 Å². The first-order chi connectivity index (χ1) is 12.9. The summed E-state index contributed by atoms with van der Waals surface area (Å²) in [4.78, 5) is 25.7. The summed E-state index contributed by atoms with van der Waals surface area (Å²) in [5.74, 6) is -0.329. The number of anilines is 2. The van der Waals surface area contributed by atoms with Gasteiger partial charge in [0.15, 0.2) is 0 Å². The van der Waals surface area contributed by atoms with Crippen molar-refractivity contribution in [1.29, 1.82) is 0 Å². The van der Waals surface area contributed by atoms with E-state index in [1.54, 1.807) is 24.3 Å². The Morgan fingerprint density at radius 1 is 1.33 bits per heavy atom. The molecule has 8 heteroatoms. The molecule has 0 spiro atoms. The topological polar surface area (TPSA) is 75.5 Å². The normalized spacial score (nSPS) is 16.9. The lowest BCUT2D eigenvalue weighted by molar-refractivity contribution is -0.384. The molecule has 1 atom stereocenters. The smallest absolute Gasteiger partial charge is 0.294 e. The molecule has 6 nitrogen and oxygen atoms in total. The third kappa shape index (κ3) is 4.42. The highest BCUT2D eigenvalue weighted by Crippen LogP contribution is 2.39. The van der Waals surface area contributed by atoms with Crippen molar-refractivity contribution in [2.45, 2.75) is 32.2 Å². The Morgan fingerprint density at radius 2 is 2.11 bits per heavy atom. The number of hydrogen-bond acceptors (Lipinski definition) is 4. The number of piperidine rings is 1. The maximum Gasteiger partial charge on any atom is 0.294 e. The lowest BCUT2D eigenvalue weighted by Crippen LogP contribution is -2.37. The summed E-state index contributed by atoms with van der Waals surface area (Å²) in [5.41, 5.74) is 1.27. The van der Waals surface area contributed by atoms with Crippen LogP contribution in [0.2, 0.25) is 5.02 Å². The van der Waals surface area contributed by atoms with E-state index in [1.165, 1.54) is 6.07 Å². The van der Waals surface area contributed by atoms with Crippen molar-refractivity contribution < 1.29 is 9.72 Å². The Bertz CT molecular complexity index is 890. The fourth-order valence-electron chi connectivity index (χ4n) is 3.30. The second-order valence-corrected chi connectivity index (χ2v) is 7.90. The molecule has 1 fully saturated rings. The number of nitrogens with zero attached hydrogens (tertiary/aromatic N) is 2. The number of carbonyl (C=O) groups excluding carboxylic acids is 1. The van der Waals surface area contributed by atoms with Crippen LogP contribution in [-0.2, 0) is 0 Å². The van der Waals surface area contributed by atoms with Crippen molar-refractivity contribution in [2.75, 3.05) is 16.8 Å². The largest absolute Gasteiger partial charge is 0.363 e. The standard InChI is InChI=1S/C19H19BrClN3O3/c1-12-5-2-3-8-23(12)17-11-16(15(21)10-18(17)24(26)27)22-19(25)13-6-4-7-14(20)9-13/h4,6-7,9-12H,2-3,5,8H2,1H3,(H,22,25)/t12-/m1/s1. The molecule has 0 aromatic heterocycles. The van der Waals surface area contributed by atoms with Gasteiger partial charge in [0.1, 0.15) is 5.69 Å². The number of carbonyl (C=O) groups is 1. The SMILES string of the molecule is C[C@@H]1CCCCN1c1cc(NC(=O)c2cccc(Br)c2)c(Cl)cc1[N+](=O)[O-]. The van der Waals surface area contributed by atoms with Gasteiger partial charge in [0.05, 0.1) is 15.6 Å². The van der Waals surface area contributed by atoms with E-state index in [0.29, 0.717) is 16.9 Å². The first-order valence-electron chi connectivity index (χ1n) is 8.68. The third-order valence-electron chi connectivity index (χ3n) is 4.71. The monoisotopic (exact) mass is 451 g/mol. The zero-order valence-corrected chi connectivity index (χ0v) is 17.1. The van der Waals surface area contributed by atoms with Gasteiger partial charge < -0.3 is 10.2 Å². The molecule has 0 unspecified atom stereocenters. The maximum atomic E-state index is 12.6. The lowest BCUT2D eigenvalue weighted by Gasteiger charge is -2.35. The van der Waals surface area contributed by atoms with Crippen molar-refractivity contribution >= 4 is 50.5 Å². The first-order valence-corrected chi connectivity index (χ1v) is 9.85. The van der Waals surface area contributed by atoms with Crippen LogP contribution in [0.4, 0.5) is 17.1 Å². The quantitative estimate of drug-likeness (QED) is 0.481. The molecule has 1 amide bonds. The molecule has 3 rings (SSSR count). The van der Waals surface area contributed by atoms with E-state index in [9.17, 15) is 14.9 Å². The number of halogens is 2. The molecule has 1 aliphatic rings. The number of nitro groups is 1. The van der Waals surface area contributed by atoms with E-state index >= 15 is 0 Å². The average Bonchev–Trinajstić information content (AvgIpc) is 2.63. The first kappa shape index (κ1) is 19.6. The van der Waals surface area contributed by atoms with E-state index in [-0.39, 0.29) is 22.7 Å². The Morgan fingerprint density at radius 3 is 2.78 bits per heavy atom. The van der Waals surface area contributed by atoms with Crippen molar-refractivity contribution in [3.05, 3.63) is 61.6 Å². The number of benzene rings is 2. The Kier molecular flexibility index (Phi) is 6.01. The minimum Gasteiger partial charge on any atom is -0.363 e. The molecule has 0 saturated carbocycles. The summed E-state index contributed by atoms with van der Waals surface area (Å²) in [6.07, 6.45) is 3.05. The second kappa shape index (κ2) is 8.27. The predicted octanol–water partition coefficient (Wildman–Crippen LogP) is 5.64. The summed E-state index contributed by atoms with van der Waals surface area (Å²) in [6.45, 7) is 2.79. The van der Waals surface area contributed by atoms with Gasteiger partial charge in [-0.3, -0.25) is 14.9 Å². The highest BCUT2D eigenvalue weighted by atomic mass is 79.9. The van der Waals surface area contributed by atoms with Crippen LogP contribution < -0.4 is 10.2 Å². The van der Waals surface area contributed by atoms with E-state index in [2.05, 4.69) is 28.2 Å². The van der Waals surface area contributed by atoms with Gasteiger partial charge in [-0.2, -0.15) is 0 Å². The number of amides is 1. The Labute approximate surface area is 170 Å².